The number of nitrogens with one attached hydrogen (secondary N) is 1. The van der Waals surface area contributed by atoms with Crippen LogP contribution in [0.5, 0.6) is 0 Å². The molecule has 1 amide bonds. The summed E-state index contributed by atoms with van der Waals surface area (Å²) in [7, 11) is 0. The number of aliphatic carboxylic acids is 1. The number of carboxylic acids is 1. The first-order valence-corrected chi connectivity index (χ1v) is 6.98. The molecule has 104 valence electrons. The van der Waals surface area contributed by atoms with Crippen LogP contribution in [0, 0.1) is 11.8 Å². The lowest BCUT2D eigenvalue weighted by molar-refractivity contribution is -0.145. The van der Waals surface area contributed by atoms with Crippen LogP contribution >= 0.6 is 15.9 Å². The molecule has 3 rings (SSSR count). The van der Waals surface area contributed by atoms with Crippen LogP contribution in [-0.2, 0) is 14.3 Å². The van der Waals surface area contributed by atoms with Gasteiger partial charge in [0.2, 0.25) is 5.91 Å². The maximum Gasteiger partial charge on any atom is 0.310 e. The van der Waals surface area contributed by atoms with Gasteiger partial charge in [-0.05, 0) is 18.2 Å². The van der Waals surface area contributed by atoms with Crippen LogP contribution in [0.15, 0.2) is 40.9 Å². The number of hydrogen-bond acceptors (Lipinski definition) is 3. The van der Waals surface area contributed by atoms with E-state index in [2.05, 4.69) is 21.2 Å². The Kier molecular flexibility index (Phi) is 3.35. The van der Waals surface area contributed by atoms with E-state index in [9.17, 15) is 14.7 Å². The highest BCUT2D eigenvalue weighted by atomic mass is 79.9. The first-order chi connectivity index (χ1) is 9.56. The van der Waals surface area contributed by atoms with Gasteiger partial charge in [0.15, 0.2) is 0 Å². The van der Waals surface area contributed by atoms with E-state index in [-0.39, 0.29) is 5.91 Å². The van der Waals surface area contributed by atoms with Gasteiger partial charge >= 0.3 is 5.97 Å². The van der Waals surface area contributed by atoms with Gasteiger partial charge in [-0.15, -0.1) is 0 Å². The van der Waals surface area contributed by atoms with Crippen molar-refractivity contribution in [3.8, 4) is 0 Å². The molecule has 0 aromatic heterocycles. The van der Waals surface area contributed by atoms with Gasteiger partial charge in [0.25, 0.3) is 0 Å². The van der Waals surface area contributed by atoms with Crippen LogP contribution in [0.1, 0.15) is 0 Å². The van der Waals surface area contributed by atoms with E-state index < -0.39 is 30.0 Å². The summed E-state index contributed by atoms with van der Waals surface area (Å²) in [5.41, 5.74) is 0.625. The summed E-state index contributed by atoms with van der Waals surface area (Å²) in [4.78, 5) is 23.6. The molecule has 2 heterocycles. The molecule has 20 heavy (non-hydrogen) atoms. The molecule has 1 fully saturated rings. The Labute approximate surface area is 123 Å². The van der Waals surface area contributed by atoms with Gasteiger partial charge in [0, 0.05) is 10.2 Å². The summed E-state index contributed by atoms with van der Waals surface area (Å²) >= 11 is 3.32. The van der Waals surface area contributed by atoms with Crippen LogP contribution in [-0.4, -0.2) is 29.2 Å². The molecule has 5 nitrogen and oxygen atoms in total. The number of carbonyl (C=O) groups is 2. The van der Waals surface area contributed by atoms with E-state index in [1.807, 2.05) is 6.07 Å². The Morgan fingerprint density at radius 2 is 1.90 bits per heavy atom. The lowest BCUT2D eigenvalue weighted by Gasteiger charge is -2.21. The molecule has 1 aromatic rings. The van der Waals surface area contributed by atoms with E-state index in [4.69, 9.17) is 4.74 Å². The highest BCUT2D eigenvalue weighted by Crippen LogP contribution is 2.39. The molecule has 0 unspecified atom stereocenters. The molecule has 2 aliphatic heterocycles. The van der Waals surface area contributed by atoms with Gasteiger partial charge < -0.3 is 15.2 Å². The van der Waals surface area contributed by atoms with E-state index in [1.165, 1.54) is 0 Å². The maximum absolute atomic E-state index is 12.3. The predicted molar refractivity (Wildman–Crippen MR) is 75.2 cm³/mol. The fourth-order valence-electron chi connectivity index (χ4n) is 2.71. The zero-order valence-corrected chi connectivity index (χ0v) is 11.9. The second-order valence-electron chi connectivity index (χ2n) is 4.84. The minimum atomic E-state index is -1.00. The summed E-state index contributed by atoms with van der Waals surface area (Å²) in [5.74, 6) is -2.85. The zero-order chi connectivity index (χ0) is 14.3. The van der Waals surface area contributed by atoms with Crippen molar-refractivity contribution in [2.24, 2.45) is 11.8 Å². The van der Waals surface area contributed by atoms with Crippen molar-refractivity contribution in [3.05, 3.63) is 40.9 Å². The fraction of sp³-hybridized carbons (Fsp3) is 0.286. The Hall–Kier alpha value is -1.66. The summed E-state index contributed by atoms with van der Waals surface area (Å²) in [5, 5.41) is 12.0. The van der Waals surface area contributed by atoms with Crippen LogP contribution < -0.4 is 5.32 Å². The first kappa shape index (κ1) is 13.3. The number of fused-ring (bicyclic) bond motifs is 2. The van der Waals surface area contributed by atoms with Crippen LogP contribution in [0.3, 0.4) is 0 Å². The number of ether oxygens (including phenoxy) is 1. The summed E-state index contributed by atoms with van der Waals surface area (Å²) in [6.07, 6.45) is 2.52. The van der Waals surface area contributed by atoms with Gasteiger partial charge in [0.05, 0.1) is 18.1 Å². The van der Waals surface area contributed by atoms with E-state index in [0.717, 1.165) is 4.47 Å². The van der Waals surface area contributed by atoms with Crippen LogP contribution in [0.2, 0.25) is 0 Å². The normalized spacial score (nSPS) is 30.4. The highest BCUT2D eigenvalue weighted by molar-refractivity contribution is 9.10. The average Bonchev–Trinajstić information content (AvgIpc) is 2.98. The van der Waals surface area contributed by atoms with Crippen LogP contribution in [0.25, 0.3) is 0 Å². The Morgan fingerprint density at radius 3 is 2.55 bits per heavy atom. The van der Waals surface area contributed by atoms with Crippen molar-refractivity contribution in [2.45, 2.75) is 12.2 Å². The Morgan fingerprint density at radius 1 is 1.20 bits per heavy atom. The third-order valence-electron chi connectivity index (χ3n) is 3.58. The average molecular weight is 338 g/mol. The molecule has 0 saturated carbocycles. The molecular formula is C14H12BrNO4. The van der Waals surface area contributed by atoms with Gasteiger partial charge in [-0.25, -0.2) is 0 Å². The van der Waals surface area contributed by atoms with Gasteiger partial charge in [-0.3, -0.25) is 9.59 Å². The first-order valence-electron chi connectivity index (χ1n) is 6.19. The van der Waals surface area contributed by atoms with Gasteiger partial charge in [-0.1, -0.05) is 34.1 Å². The molecule has 1 saturated heterocycles. The number of hydrogen-bond donors (Lipinski definition) is 2. The Balaban J connectivity index is 1.80. The van der Waals surface area contributed by atoms with Crippen molar-refractivity contribution in [3.63, 3.8) is 0 Å². The molecule has 0 aliphatic carbocycles. The molecule has 2 N–H and O–H groups in total. The fourth-order valence-corrected chi connectivity index (χ4v) is 3.11. The Bertz CT molecular complexity index is 601. The van der Waals surface area contributed by atoms with Crippen LogP contribution in [0.4, 0.5) is 5.69 Å². The highest BCUT2D eigenvalue weighted by Gasteiger charge is 2.53. The number of carbonyl (C=O) groups excluding carboxylic acids is 1. The number of halogens is 1. The smallest absolute Gasteiger partial charge is 0.310 e. The second kappa shape index (κ2) is 5.03. The monoisotopic (exact) mass is 337 g/mol. The van der Waals surface area contributed by atoms with Gasteiger partial charge in [0.1, 0.15) is 5.92 Å². The summed E-state index contributed by atoms with van der Waals surface area (Å²) in [6.45, 7) is 0. The molecule has 4 atom stereocenters. The third kappa shape index (κ3) is 2.25. The predicted octanol–water partition coefficient (Wildman–Crippen LogP) is 2.04. The van der Waals surface area contributed by atoms with E-state index in [0.29, 0.717) is 5.69 Å². The number of rotatable bonds is 3. The molecule has 0 spiro atoms. The SMILES string of the molecule is O=C(O)[C@@H]1[C@@H](C(=O)Nc2cccc(Br)c2)[C@H]2C=C[C@H]1O2. The maximum atomic E-state index is 12.3. The van der Waals surface area contributed by atoms with Crippen molar-refractivity contribution >= 4 is 33.5 Å². The van der Waals surface area contributed by atoms with Crippen molar-refractivity contribution in [1.82, 2.24) is 0 Å². The minimum absolute atomic E-state index is 0.327. The molecule has 0 radical (unpaired) electrons. The standard InChI is InChI=1S/C14H12BrNO4/c15-7-2-1-3-8(6-7)16-13(17)11-9-4-5-10(20-9)12(11)14(18)19/h1-6,9-12H,(H,16,17)(H,18,19)/t9-,10-,11+,12+/m1/s1. The lowest BCUT2D eigenvalue weighted by atomic mass is 9.82. The summed E-state index contributed by atoms with van der Waals surface area (Å²) in [6, 6.07) is 7.16. The van der Waals surface area contributed by atoms with Crippen molar-refractivity contribution in [1.29, 1.82) is 0 Å². The second-order valence-corrected chi connectivity index (χ2v) is 5.76. The van der Waals surface area contributed by atoms with E-state index >= 15 is 0 Å². The largest absolute Gasteiger partial charge is 0.481 e. The quantitative estimate of drug-likeness (QED) is 0.827. The molecular weight excluding hydrogens is 326 g/mol. The number of anilines is 1. The zero-order valence-electron chi connectivity index (χ0n) is 10.3. The molecule has 1 aromatic carbocycles. The molecule has 6 heteroatoms. The van der Waals surface area contributed by atoms with Gasteiger partial charge in [-0.2, -0.15) is 0 Å². The third-order valence-corrected chi connectivity index (χ3v) is 4.07. The summed E-state index contributed by atoms with van der Waals surface area (Å²) < 4.78 is 6.32. The number of carboxylic acid groups (broad SMARTS) is 1. The van der Waals surface area contributed by atoms with Crippen molar-refractivity contribution in [2.75, 3.05) is 5.32 Å². The van der Waals surface area contributed by atoms with Crippen molar-refractivity contribution < 1.29 is 19.4 Å². The number of amides is 1. The topological polar surface area (TPSA) is 75.6 Å². The number of benzene rings is 1. The molecule has 2 bridgehead atoms. The lowest BCUT2D eigenvalue weighted by Crippen LogP contribution is -2.39. The molecule has 2 aliphatic rings. The minimum Gasteiger partial charge on any atom is -0.481 e. The van der Waals surface area contributed by atoms with E-state index in [1.54, 1.807) is 30.4 Å².